The normalized spacial score (nSPS) is 23.3. The summed E-state index contributed by atoms with van der Waals surface area (Å²) in [7, 11) is 0. The molecule has 0 amide bonds. The summed E-state index contributed by atoms with van der Waals surface area (Å²) >= 11 is 0. The van der Waals surface area contributed by atoms with E-state index in [1.165, 1.54) is 45.3 Å². The van der Waals surface area contributed by atoms with E-state index in [1.807, 2.05) is 12.1 Å². The van der Waals surface area contributed by atoms with Gasteiger partial charge in [0.1, 0.15) is 17.7 Å². The highest BCUT2D eigenvalue weighted by molar-refractivity contribution is 6.14. The fourth-order valence-electron chi connectivity index (χ4n) is 10.0. The number of dihydropyridines is 1. The van der Waals surface area contributed by atoms with Crippen LogP contribution in [0.2, 0.25) is 0 Å². The van der Waals surface area contributed by atoms with Crippen LogP contribution in [0.1, 0.15) is 84.2 Å². The van der Waals surface area contributed by atoms with E-state index < -0.39 is 0 Å². The summed E-state index contributed by atoms with van der Waals surface area (Å²) in [6.07, 6.45) is 31.0. The average molecular weight is 793 g/mol. The molecule has 4 aromatic rings. The van der Waals surface area contributed by atoms with E-state index in [1.54, 1.807) is 0 Å². The van der Waals surface area contributed by atoms with Crippen LogP contribution < -0.4 is 15.4 Å². The number of nitrogens with one attached hydrogen (secondary N) is 3. The van der Waals surface area contributed by atoms with Crippen molar-refractivity contribution < 1.29 is 4.74 Å². The van der Waals surface area contributed by atoms with Crippen molar-refractivity contribution in [1.82, 2.24) is 10.6 Å². The number of fused-ring (bicyclic) bond motifs is 3. The molecule has 5 heteroatoms. The van der Waals surface area contributed by atoms with E-state index in [9.17, 15) is 0 Å². The SMILES string of the molecule is N=C/C(=C1\NC(C2CC=CCC2)=C(c2cccc(C3=NC(C4=CC=CCC4)NC(c4ccc(C5=C6Oc7ccccc7C6C=C5)cc4)=C3)c2)C2=C1C=CCC2)c1ccccc1. The van der Waals surface area contributed by atoms with Crippen LogP contribution in [0, 0.1) is 11.3 Å². The molecule has 0 bridgehead atoms. The van der Waals surface area contributed by atoms with Gasteiger partial charge in [-0.15, -0.1) is 0 Å². The van der Waals surface area contributed by atoms with Crippen LogP contribution >= 0.6 is 0 Å². The molecule has 0 aromatic heterocycles. The number of hydrogen-bond acceptors (Lipinski definition) is 5. The predicted octanol–water partition coefficient (Wildman–Crippen LogP) is 12.6. The Hall–Kier alpha value is -6.98. The van der Waals surface area contributed by atoms with Gasteiger partial charge in [0.05, 0.1) is 17.3 Å². The molecule has 4 aliphatic carbocycles. The second kappa shape index (κ2) is 15.9. The summed E-state index contributed by atoms with van der Waals surface area (Å²) in [5, 5.41) is 16.5. The Kier molecular flexibility index (Phi) is 9.65. The summed E-state index contributed by atoms with van der Waals surface area (Å²) < 4.78 is 6.39. The summed E-state index contributed by atoms with van der Waals surface area (Å²) in [5.41, 5.74) is 18.4. The molecule has 3 aliphatic heterocycles. The molecular weight excluding hydrogens is 745 g/mol. The molecule has 0 spiro atoms. The van der Waals surface area contributed by atoms with Crippen LogP contribution in [0.25, 0.3) is 22.4 Å². The fourth-order valence-corrected chi connectivity index (χ4v) is 10.0. The highest BCUT2D eigenvalue weighted by atomic mass is 16.5. The molecule has 11 rings (SSSR count). The Labute approximate surface area is 358 Å². The molecule has 3 atom stereocenters. The lowest BCUT2D eigenvalue weighted by atomic mass is 9.77. The van der Waals surface area contributed by atoms with Crippen molar-refractivity contribution in [3.63, 3.8) is 0 Å². The van der Waals surface area contributed by atoms with Gasteiger partial charge < -0.3 is 20.8 Å². The largest absolute Gasteiger partial charge is 0.460 e. The van der Waals surface area contributed by atoms with Crippen molar-refractivity contribution >= 4 is 34.3 Å². The maximum atomic E-state index is 8.63. The second-order valence-corrected chi connectivity index (χ2v) is 16.8. The van der Waals surface area contributed by atoms with Gasteiger partial charge in [-0.25, -0.2) is 0 Å². The maximum absolute atomic E-state index is 8.63. The third kappa shape index (κ3) is 6.84. The van der Waals surface area contributed by atoms with Crippen LogP contribution in [0.5, 0.6) is 5.75 Å². The lowest BCUT2D eigenvalue weighted by Crippen LogP contribution is -2.33. The Balaban J connectivity index is 0.989. The van der Waals surface area contributed by atoms with Gasteiger partial charge in [0, 0.05) is 56.9 Å². The first kappa shape index (κ1) is 37.1. The highest BCUT2D eigenvalue weighted by Crippen LogP contribution is 2.49. The third-order valence-corrected chi connectivity index (χ3v) is 13.1. The fraction of sp³-hybridized carbons (Fsp3) is 0.179. The molecule has 0 saturated carbocycles. The zero-order chi connectivity index (χ0) is 40.7. The van der Waals surface area contributed by atoms with Gasteiger partial charge in [-0.05, 0) is 96.6 Å². The van der Waals surface area contributed by atoms with Crippen LogP contribution in [0.4, 0.5) is 0 Å². The summed E-state index contributed by atoms with van der Waals surface area (Å²) in [5.74, 6) is 2.51. The van der Waals surface area contributed by atoms with Crippen molar-refractivity contribution in [1.29, 1.82) is 5.41 Å². The maximum Gasteiger partial charge on any atom is 0.141 e. The van der Waals surface area contributed by atoms with Crippen molar-refractivity contribution in [3.05, 3.63) is 231 Å². The Morgan fingerprint density at radius 1 is 0.754 bits per heavy atom. The van der Waals surface area contributed by atoms with E-state index in [0.717, 1.165) is 107 Å². The van der Waals surface area contributed by atoms with Gasteiger partial charge >= 0.3 is 0 Å². The predicted molar refractivity (Wildman–Crippen MR) is 251 cm³/mol. The molecule has 0 fully saturated rings. The van der Waals surface area contributed by atoms with Crippen LogP contribution in [0.15, 0.2) is 203 Å². The highest BCUT2D eigenvalue weighted by Gasteiger charge is 2.34. The molecule has 3 unspecified atom stereocenters. The third-order valence-electron chi connectivity index (χ3n) is 13.1. The van der Waals surface area contributed by atoms with Gasteiger partial charge in [-0.3, -0.25) is 4.99 Å². The Morgan fingerprint density at radius 2 is 1.59 bits per heavy atom. The van der Waals surface area contributed by atoms with Crippen LogP contribution in [-0.4, -0.2) is 18.1 Å². The number of ether oxygens (including phenoxy) is 1. The standard InChI is InChI=1S/C56H48N4O/c57-35-48(36-15-4-1-5-16-36)54-46-25-11-10-24-45(46)52(53(60-54)39-17-6-2-7-18-39)42-22-14-21-41(33-42)50-34-49(58-56(59-50)40-19-8-3-9-20-40)38-29-27-37(28-30-38)43-31-32-47-44-23-12-13-26-51(44)61-55(43)47/h1-6,8,11-16,19,21-23,25-35,39,47,56-58,60H,7,9-10,17-18,20,24H2/b54-48+,57-35?. The van der Waals surface area contributed by atoms with Gasteiger partial charge in [-0.2, -0.15) is 0 Å². The minimum atomic E-state index is -0.166. The summed E-state index contributed by atoms with van der Waals surface area (Å²) in [4.78, 5) is 5.44. The molecule has 61 heavy (non-hydrogen) atoms. The number of para-hydroxylation sites is 1. The number of nitrogens with zero attached hydrogens (tertiary/aromatic N) is 1. The average Bonchev–Trinajstić information content (AvgIpc) is 3.92. The van der Waals surface area contributed by atoms with Gasteiger partial charge in [0.25, 0.3) is 0 Å². The van der Waals surface area contributed by atoms with Gasteiger partial charge in [-0.1, -0.05) is 146 Å². The lowest BCUT2D eigenvalue weighted by Gasteiger charge is -2.36. The van der Waals surface area contributed by atoms with Gasteiger partial charge in [0.15, 0.2) is 0 Å². The van der Waals surface area contributed by atoms with E-state index in [4.69, 9.17) is 15.1 Å². The van der Waals surface area contributed by atoms with E-state index in [2.05, 4.69) is 162 Å². The molecule has 5 nitrogen and oxygen atoms in total. The number of aliphatic imine (C=N–C) groups is 1. The number of rotatable bonds is 8. The van der Waals surface area contributed by atoms with Crippen molar-refractivity contribution in [2.45, 2.75) is 57.0 Å². The number of benzene rings is 4. The van der Waals surface area contributed by atoms with Crippen molar-refractivity contribution in [3.8, 4) is 5.75 Å². The van der Waals surface area contributed by atoms with E-state index >= 15 is 0 Å². The quantitative estimate of drug-likeness (QED) is 0.123. The topological polar surface area (TPSA) is 69.5 Å². The minimum absolute atomic E-state index is 0.166. The number of allylic oxidation sites excluding steroid dienone is 15. The first-order valence-electron chi connectivity index (χ1n) is 21.9. The molecule has 3 heterocycles. The molecule has 7 aliphatic rings. The monoisotopic (exact) mass is 792 g/mol. The molecular formula is C56H48N4O. The summed E-state index contributed by atoms with van der Waals surface area (Å²) in [6, 6.07) is 36.7. The van der Waals surface area contributed by atoms with E-state index in [-0.39, 0.29) is 12.1 Å². The molecule has 4 aromatic carbocycles. The Bertz CT molecular complexity index is 2820. The summed E-state index contributed by atoms with van der Waals surface area (Å²) in [6.45, 7) is 0. The zero-order valence-corrected chi connectivity index (χ0v) is 34.2. The smallest absolute Gasteiger partial charge is 0.141 e. The first-order valence-corrected chi connectivity index (χ1v) is 21.9. The van der Waals surface area contributed by atoms with Crippen molar-refractivity contribution in [2.75, 3.05) is 0 Å². The second-order valence-electron chi connectivity index (χ2n) is 16.8. The van der Waals surface area contributed by atoms with Gasteiger partial charge in [0.2, 0.25) is 0 Å². The molecule has 0 radical (unpaired) electrons. The van der Waals surface area contributed by atoms with E-state index in [0.29, 0.717) is 5.92 Å². The zero-order valence-electron chi connectivity index (χ0n) is 34.2. The van der Waals surface area contributed by atoms with Crippen LogP contribution in [-0.2, 0) is 0 Å². The molecule has 298 valence electrons. The minimum Gasteiger partial charge on any atom is -0.460 e. The van der Waals surface area contributed by atoms with Crippen molar-refractivity contribution in [2.24, 2.45) is 10.9 Å². The lowest BCUT2D eigenvalue weighted by molar-refractivity contribution is 0.444. The number of hydrogen-bond donors (Lipinski definition) is 3. The molecule has 3 N–H and O–H groups in total. The molecule has 0 saturated heterocycles. The van der Waals surface area contributed by atoms with Crippen LogP contribution in [0.3, 0.4) is 0 Å². The Morgan fingerprint density at radius 3 is 2.43 bits per heavy atom. The first-order chi connectivity index (χ1) is 30.2.